The highest BCUT2D eigenvalue weighted by molar-refractivity contribution is 8.00. The van der Waals surface area contributed by atoms with Crippen LogP contribution in [-0.4, -0.2) is 17.3 Å². The van der Waals surface area contributed by atoms with Gasteiger partial charge < -0.3 is 4.74 Å². The lowest BCUT2D eigenvalue weighted by molar-refractivity contribution is -0.153. The van der Waals surface area contributed by atoms with Crippen LogP contribution in [0.3, 0.4) is 0 Å². The lowest BCUT2D eigenvalue weighted by Crippen LogP contribution is -2.33. The van der Waals surface area contributed by atoms with Gasteiger partial charge >= 0.3 is 5.97 Å². The predicted octanol–water partition coefficient (Wildman–Crippen LogP) is 5.34. The van der Waals surface area contributed by atoms with Crippen molar-refractivity contribution in [3.63, 3.8) is 0 Å². The van der Waals surface area contributed by atoms with E-state index in [1.807, 2.05) is 37.3 Å². The first-order valence-corrected chi connectivity index (χ1v) is 8.75. The molecule has 0 aliphatic heterocycles. The van der Waals surface area contributed by atoms with Gasteiger partial charge in [-0.1, -0.05) is 51.5 Å². The molecule has 0 bridgehead atoms. The van der Waals surface area contributed by atoms with E-state index in [1.54, 1.807) is 11.8 Å². The Kier molecular flexibility index (Phi) is 7.74. The predicted molar refractivity (Wildman–Crippen MR) is 95.1 cm³/mol. The first-order valence-electron chi connectivity index (χ1n) is 7.87. The van der Waals surface area contributed by atoms with Crippen molar-refractivity contribution >= 4 is 17.7 Å². The zero-order valence-electron chi connectivity index (χ0n) is 14.3. The van der Waals surface area contributed by atoms with Crippen molar-refractivity contribution in [2.24, 2.45) is 11.8 Å². The second kappa shape index (κ2) is 9.04. The molecule has 1 aromatic carbocycles. The van der Waals surface area contributed by atoms with Gasteiger partial charge in [0.05, 0.1) is 0 Å². The average Bonchev–Trinajstić information content (AvgIpc) is 2.43. The fourth-order valence-electron chi connectivity index (χ4n) is 2.40. The number of rotatable bonds is 8. The van der Waals surface area contributed by atoms with Gasteiger partial charge in [-0.15, -0.1) is 18.3 Å². The number of hydrogen-bond donors (Lipinski definition) is 0. The molecule has 0 aliphatic carbocycles. The second-order valence-electron chi connectivity index (χ2n) is 6.47. The molecule has 3 heteroatoms. The fraction of sp³-hybridized carbons (Fsp3) is 0.526. The number of benzene rings is 1. The molecule has 0 aliphatic rings. The Hall–Kier alpha value is -1.22. The van der Waals surface area contributed by atoms with Crippen molar-refractivity contribution in [2.75, 3.05) is 0 Å². The molecule has 22 heavy (non-hydrogen) atoms. The van der Waals surface area contributed by atoms with Crippen LogP contribution < -0.4 is 0 Å². The minimum atomic E-state index is -0.236. The van der Waals surface area contributed by atoms with Crippen LogP contribution in [0, 0.1) is 11.8 Å². The Bertz CT molecular complexity index is 471. The lowest BCUT2D eigenvalue weighted by atomic mass is 9.96. The van der Waals surface area contributed by atoms with Crippen molar-refractivity contribution in [3.8, 4) is 0 Å². The van der Waals surface area contributed by atoms with Gasteiger partial charge in [-0.05, 0) is 37.3 Å². The third kappa shape index (κ3) is 6.27. The standard InChI is InChI=1S/C19H28O2S/c1-13(2)12-17(22-16-10-8-7-9-11-16)19(20)21-18(14(3)4)15(5)6/h7-11,14-15,17-18H,1,12H2,2-6H3/t17-/m1/s1. The van der Waals surface area contributed by atoms with E-state index in [0.29, 0.717) is 18.3 Å². The van der Waals surface area contributed by atoms with E-state index in [1.165, 1.54) is 0 Å². The first-order chi connectivity index (χ1) is 10.3. The van der Waals surface area contributed by atoms with Gasteiger partial charge in [-0.3, -0.25) is 4.79 Å². The molecule has 0 heterocycles. The van der Waals surface area contributed by atoms with Crippen LogP contribution in [0.15, 0.2) is 47.4 Å². The Labute approximate surface area is 139 Å². The van der Waals surface area contributed by atoms with E-state index >= 15 is 0 Å². The normalized spacial score (nSPS) is 12.7. The molecular weight excluding hydrogens is 292 g/mol. The van der Waals surface area contributed by atoms with Gasteiger partial charge in [-0.25, -0.2) is 0 Å². The van der Waals surface area contributed by atoms with E-state index in [2.05, 4.69) is 34.3 Å². The van der Waals surface area contributed by atoms with Crippen LogP contribution in [0.2, 0.25) is 0 Å². The largest absolute Gasteiger partial charge is 0.461 e. The molecule has 1 rings (SSSR count). The van der Waals surface area contributed by atoms with E-state index in [4.69, 9.17) is 4.74 Å². The van der Waals surface area contributed by atoms with Crippen molar-refractivity contribution < 1.29 is 9.53 Å². The number of thioether (sulfide) groups is 1. The van der Waals surface area contributed by atoms with E-state index < -0.39 is 0 Å². The molecular formula is C19H28O2S. The maximum Gasteiger partial charge on any atom is 0.320 e. The average molecular weight is 320 g/mol. The fourth-order valence-corrected chi connectivity index (χ4v) is 3.57. The Morgan fingerprint density at radius 3 is 2.14 bits per heavy atom. The molecule has 0 unspecified atom stereocenters. The summed E-state index contributed by atoms with van der Waals surface area (Å²) in [5.74, 6) is 0.497. The molecule has 0 spiro atoms. The third-order valence-corrected chi connectivity index (χ3v) is 4.57. The molecule has 1 aromatic rings. The maximum atomic E-state index is 12.6. The molecule has 0 saturated carbocycles. The second-order valence-corrected chi connectivity index (χ2v) is 7.75. The van der Waals surface area contributed by atoms with E-state index in [9.17, 15) is 4.79 Å². The zero-order chi connectivity index (χ0) is 16.7. The van der Waals surface area contributed by atoms with Gasteiger partial charge in [0.2, 0.25) is 0 Å². The Morgan fingerprint density at radius 1 is 1.14 bits per heavy atom. The van der Waals surface area contributed by atoms with Gasteiger partial charge in [0.15, 0.2) is 0 Å². The molecule has 0 radical (unpaired) electrons. The summed E-state index contributed by atoms with van der Waals surface area (Å²) < 4.78 is 5.81. The van der Waals surface area contributed by atoms with E-state index in [0.717, 1.165) is 10.5 Å². The van der Waals surface area contributed by atoms with Crippen molar-refractivity contribution in [3.05, 3.63) is 42.5 Å². The van der Waals surface area contributed by atoms with Crippen LogP contribution in [-0.2, 0) is 9.53 Å². The quantitative estimate of drug-likeness (QED) is 0.367. The summed E-state index contributed by atoms with van der Waals surface area (Å²) >= 11 is 1.56. The van der Waals surface area contributed by atoms with Crippen LogP contribution in [0.5, 0.6) is 0 Å². The van der Waals surface area contributed by atoms with Gasteiger partial charge in [0, 0.05) is 4.90 Å². The molecule has 2 nitrogen and oxygen atoms in total. The maximum absolute atomic E-state index is 12.6. The Morgan fingerprint density at radius 2 is 1.68 bits per heavy atom. The summed E-state index contributed by atoms with van der Waals surface area (Å²) in [5.41, 5.74) is 0.996. The molecule has 0 aromatic heterocycles. The number of ether oxygens (including phenoxy) is 1. The highest BCUT2D eigenvalue weighted by Crippen LogP contribution is 2.29. The molecule has 0 saturated heterocycles. The van der Waals surface area contributed by atoms with Crippen LogP contribution in [0.1, 0.15) is 41.0 Å². The minimum Gasteiger partial charge on any atom is -0.461 e. The smallest absolute Gasteiger partial charge is 0.320 e. The summed E-state index contributed by atoms with van der Waals surface area (Å²) in [5, 5.41) is -0.236. The van der Waals surface area contributed by atoms with Gasteiger partial charge in [0.1, 0.15) is 11.4 Å². The lowest BCUT2D eigenvalue weighted by Gasteiger charge is -2.27. The number of carbonyl (C=O) groups excluding carboxylic acids is 1. The molecule has 0 amide bonds. The SMILES string of the molecule is C=C(C)C[C@@H](Sc1ccccc1)C(=O)OC(C(C)C)C(C)C. The monoisotopic (exact) mass is 320 g/mol. The van der Waals surface area contributed by atoms with Crippen molar-refractivity contribution in [2.45, 2.75) is 57.3 Å². The number of allylic oxidation sites excluding steroid dienone is 1. The zero-order valence-corrected chi connectivity index (χ0v) is 15.2. The highest BCUT2D eigenvalue weighted by atomic mass is 32.2. The van der Waals surface area contributed by atoms with Crippen molar-refractivity contribution in [1.29, 1.82) is 0 Å². The molecule has 0 fully saturated rings. The van der Waals surface area contributed by atoms with Crippen molar-refractivity contribution in [1.82, 2.24) is 0 Å². The summed E-state index contributed by atoms with van der Waals surface area (Å²) in [6.07, 6.45) is 0.595. The molecule has 122 valence electrons. The molecule has 0 N–H and O–H groups in total. The third-order valence-electron chi connectivity index (χ3n) is 3.38. The summed E-state index contributed by atoms with van der Waals surface area (Å²) in [4.78, 5) is 13.7. The van der Waals surface area contributed by atoms with Gasteiger partial charge in [-0.2, -0.15) is 0 Å². The van der Waals surface area contributed by atoms with Crippen LogP contribution in [0.25, 0.3) is 0 Å². The first kappa shape index (κ1) is 18.8. The highest BCUT2D eigenvalue weighted by Gasteiger charge is 2.27. The topological polar surface area (TPSA) is 26.3 Å². The minimum absolute atomic E-state index is 0.0449. The number of hydrogen-bond acceptors (Lipinski definition) is 3. The van der Waals surface area contributed by atoms with E-state index in [-0.39, 0.29) is 17.3 Å². The van der Waals surface area contributed by atoms with Crippen LogP contribution >= 0.6 is 11.8 Å². The Balaban J connectivity index is 2.82. The van der Waals surface area contributed by atoms with Crippen LogP contribution in [0.4, 0.5) is 0 Å². The number of esters is 1. The summed E-state index contributed by atoms with van der Waals surface area (Å²) in [6.45, 7) is 14.3. The van der Waals surface area contributed by atoms with Gasteiger partial charge in [0.25, 0.3) is 0 Å². The summed E-state index contributed by atoms with van der Waals surface area (Å²) in [6, 6.07) is 9.98. The summed E-state index contributed by atoms with van der Waals surface area (Å²) in [7, 11) is 0. The number of carbonyl (C=O) groups is 1. The molecule has 1 atom stereocenters.